The summed E-state index contributed by atoms with van der Waals surface area (Å²) in [4.78, 5) is 0. The molecule has 0 aliphatic rings. The Morgan fingerprint density at radius 1 is 1.50 bits per heavy atom. The molecular weight excluding hydrogens is 320 g/mol. The average molecular weight is 333 g/mol. The van der Waals surface area contributed by atoms with E-state index in [1.807, 2.05) is 6.07 Å². The topological polar surface area (TPSA) is 79.2 Å². The number of nitrogens with zero attached hydrogens (tertiary/aromatic N) is 1. The zero-order valence-corrected chi connectivity index (χ0v) is 12.2. The molecule has 0 amide bonds. The molecule has 0 atom stereocenters. The van der Waals surface area contributed by atoms with Gasteiger partial charge in [-0.3, -0.25) is 4.72 Å². The molecule has 1 N–H and O–H groups in total. The summed E-state index contributed by atoms with van der Waals surface area (Å²) >= 11 is 3.22. The molecular formula is C11H13BrN2O3S. The maximum absolute atomic E-state index is 11.7. The highest BCUT2D eigenvalue weighted by Crippen LogP contribution is 2.24. The number of sulfonamides is 1. The summed E-state index contributed by atoms with van der Waals surface area (Å²) in [6, 6.07) is 6.64. The van der Waals surface area contributed by atoms with E-state index >= 15 is 0 Å². The Labute approximate surface area is 115 Å². The third-order valence-electron chi connectivity index (χ3n) is 2.13. The monoisotopic (exact) mass is 332 g/mol. The first-order valence-electron chi connectivity index (χ1n) is 5.17. The molecule has 1 aromatic carbocycles. The molecule has 0 aromatic heterocycles. The first-order valence-corrected chi connectivity index (χ1v) is 7.62. The summed E-state index contributed by atoms with van der Waals surface area (Å²) in [6.45, 7) is 0.398. The molecule has 1 aromatic rings. The number of methoxy groups -OCH3 is 1. The van der Waals surface area contributed by atoms with Crippen LogP contribution in [0.3, 0.4) is 0 Å². The van der Waals surface area contributed by atoms with Crippen LogP contribution in [0.4, 0.5) is 5.69 Å². The van der Waals surface area contributed by atoms with Crippen LogP contribution in [0.2, 0.25) is 0 Å². The number of nitrogens with one attached hydrogen (secondary N) is 1. The number of nitriles is 1. The van der Waals surface area contributed by atoms with Crippen LogP contribution in [0, 0.1) is 11.3 Å². The smallest absolute Gasteiger partial charge is 0.232 e. The fourth-order valence-corrected chi connectivity index (χ4v) is 3.00. The number of anilines is 1. The van der Waals surface area contributed by atoms with E-state index < -0.39 is 10.0 Å². The Kier molecular flexibility index (Phi) is 5.59. The van der Waals surface area contributed by atoms with Crippen LogP contribution in [-0.4, -0.2) is 27.9 Å². The third-order valence-corrected chi connectivity index (χ3v) is 4.14. The highest BCUT2D eigenvalue weighted by molar-refractivity contribution is 9.10. The highest BCUT2D eigenvalue weighted by atomic mass is 79.9. The zero-order chi connectivity index (χ0) is 13.6. The predicted molar refractivity (Wildman–Crippen MR) is 72.8 cm³/mol. The zero-order valence-electron chi connectivity index (χ0n) is 9.81. The Balaban J connectivity index is 2.75. The summed E-state index contributed by atoms with van der Waals surface area (Å²) < 4.78 is 31.3. The molecule has 1 rings (SSSR count). The van der Waals surface area contributed by atoms with Crippen LogP contribution < -0.4 is 4.72 Å². The van der Waals surface area contributed by atoms with Gasteiger partial charge in [-0.2, -0.15) is 5.26 Å². The fourth-order valence-electron chi connectivity index (χ4n) is 1.28. The van der Waals surface area contributed by atoms with Gasteiger partial charge in [0, 0.05) is 18.2 Å². The number of hydrogen-bond donors (Lipinski definition) is 1. The molecule has 0 fully saturated rings. The molecule has 0 heterocycles. The molecule has 0 aliphatic carbocycles. The van der Waals surface area contributed by atoms with Crippen molar-refractivity contribution in [2.45, 2.75) is 6.42 Å². The van der Waals surface area contributed by atoms with Crippen LogP contribution in [0.25, 0.3) is 0 Å². The summed E-state index contributed by atoms with van der Waals surface area (Å²) in [5.74, 6) is -0.00667. The molecule has 0 saturated carbocycles. The lowest BCUT2D eigenvalue weighted by atomic mass is 10.2. The first-order chi connectivity index (χ1) is 8.48. The largest absolute Gasteiger partial charge is 0.385 e. The molecule has 5 nitrogen and oxygen atoms in total. The van der Waals surface area contributed by atoms with Crippen molar-refractivity contribution < 1.29 is 13.2 Å². The minimum atomic E-state index is -3.39. The van der Waals surface area contributed by atoms with Gasteiger partial charge in [0.25, 0.3) is 0 Å². The predicted octanol–water partition coefficient (Wildman–Crippen LogP) is 2.10. The van der Waals surface area contributed by atoms with Gasteiger partial charge < -0.3 is 4.74 Å². The number of benzene rings is 1. The Morgan fingerprint density at radius 2 is 2.22 bits per heavy atom. The van der Waals surface area contributed by atoms with Gasteiger partial charge in [0.05, 0.1) is 23.1 Å². The van der Waals surface area contributed by atoms with Crippen molar-refractivity contribution >= 4 is 31.6 Å². The normalized spacial score (nSPS) is 10.9. The average Bonchev–Trinajstić information content (AvgIpc) is 2.31. The number of ether oxygens (including phenoxy) is 1. The maximum atomic E-state index is 11.7. The molecule has 0 radical (unpaired) electrons. The summed E-state index contributed by atoms with van der Waals surface area (Å²) in [7, 11) is -1.87. The molecule has 0 aliphatic heterocycles. The SMILES string of the molecule is COCCCS(=O)(=O)Nc1ccc(C#N)cc1Br. The highest BCUT2D eigenvalue weighted by Gasteiger charge is 2.12. The second kappa shape index (κ2) is 6.73. The van der Waals surface area contributed by atoms with E-state index in [4.69, 9.17) is 10.00 Å². The quantitative estimate of drug-likeness (QED) is 0.809. The van der Waals surface area contributed by atoms with E-state index in [2.05, 4.69) is 20.7 Å². The van der Waals surface area contributed by atoms with Gasteiger partial charge >= 0.3 is 0 Å². The summed E-state index contributed by atoms with van der Waals surface area (Å²) in [6.07, 6.45) is 0.430. The van der Waals surface area contributed by atoms with Crippen molar-refractivity contribution in [3.05, 3.63) is 28.2 Å². The van der Waals surface area contributed by atoms with Gasteiger partial charge in [-0.05, 0) is 40.5 Å². The van der Waals surface area contributed by atoms with E-state index in [0.29, 0.717) is 28.8 Å². The van der Waals surface area contributed by atoms with Crippen LogP contribution in [0.5, 0.6) is 0 Å². The van der Waals surface area contributed by atoms with Crippen LogP contribution in [0.1, 0.15) is 12.0 Å². The number of hydrogen-bond acceptors (Lipinski definition) is 4. The lowest BCUT2D eigenvalue weighted by Gasteiger charge is -2.09. The Morgan fingerprint density at radius 3 is 2.78 bits per heavy atom. The van der Waals surface area contributed by atoms with Crippen molar-refractivity contribution in [2.24, 2.45) is 0 Å². The third kappa shape index (κ3) is 4.64. The molecule has 98 valence electrons. The molecule has 0 unspecified atom stereocenters. The molecule has 18 heavy (non-hydrogen) atoms. The van der Waals surface area contributed by atoms with Gasteiger partial charge in [0.15, 0.2) is 0 Å². The molecule has 0 saturated heterocycles. The molecule has 0 bridgehead atoms. The lowest BCUT2D eigenvalue weighted by molar-refractivity contribution is 0.199. The standard InChI is InChI=1S/C11H13BrN2O3S/c1-17-5-2-6-18(15,16)14-11-4-3-9(8-13)7-10(11)12/h3-4,7,14H,2,5-6H2,1H3. The van der Waals surface area contributed by atoms with E-state index in [1.54, 1.807) is 18.2 Å². The van der Waals surface area contributed by atoms with Crippen molar-refractivity contribution in [1.82, 2.24) is 0 Å². The van der Waals surface area contributed by atoms with E-state index in [-0.39, 0.29) is 5.75 Å². The van der Waals surface area contributed by atoms with Crippen LogP contribution in [-0.2, 0) is 14.8 Å². The van der Waals surface area contributed by atoms with E-state index in [1.165, 1.54) is 7.11 Å². The van der Waals surface area contributed by atoms with Crippen LogP contribution >= 0.6 is 15.9 Å². The molecule has 0 spiro atoms. The lowest BCUT2D eigenvalue weighted by Crippen LogP contribution is -2.18. The van der Waals surface area contributed by atoms with Gasteiger partial charge in [0.1, 0.15) is 0 Å². The van der Waals surface area contributed by atoms with Crippen LogP contribution in [0.15, 0.2) is 22.7 Å². The van der Waals surface area contributed by atoms with Crippen molar-refractivity contribution in [3.8, 4) is 6.07 Å². The van der Waals surface area contributed by atoms with Gasteiger partial charge in [-0.25, -0.2) is 8.42 Å². The second-order valence-electron chi connectivity index (χ2n) is 3.57. The second-order valence-corrected chi connectivity index (χ2v) is 6.27. The Hall–Kier alpha value is -1.10. The van der Waals surface area contributed by atoms with Crippen molar-refractivity contribution in [1.29, 1.82) is 5.26 Å². The first kappa shape index (κ1) is 15.0. The van der Waals surface area contributed by atoms with E-state index in [0.717, 1.165) is 0 Å². The van der Waals surface area contributed by atoms with Gasteiger partial charge in [-0.15, -0.1) is 0 Å². The molecule has 7 heteroatoms. The summed E-state index contributed by atoms with van der Waals surface area (Å²) in [5, 5.41) is 8.71. The van der Waals surface area contributed by atoms with Gasteiger partial charge in [-0.1, -0.05) is 0 Å². The maximum Gasteiger partial charge on any atom is 0.232 e. The van der Waals surface area contributed by atoms with Crippen molar-refractivity contribution in [2.75, 3.05) is 24.2 Å². The fraction of sp³-hybridized carbons (Fsp3) is 0.364. The minimum absolute atomic E-state index is 0.00667. The minimum Gasteiger partial charge on any atom is -0.385 e. The van der Waals surface area contributed by atoms with Crippen molar-refractivity contribution in [3.63, 3.8) is 0 Å². The van der Waals surface area contributed by atoms with Gasteiger partial charge in [0.2, 0.25) is 10.0 Å². The number of halogens is 1. The number of rotatable bonds is 6. The summed E-state index contributed by atoms with van der Waals surface area (Å²) in [5.41, 5.74) is 0.885. The van der Waals surface area contributed by atoms with E-state index in [9.17, 15) is 8.42 Å². The Bertz CT molecular complexity index is 552.